The molecule has 1 unspecified atom stereocenters. The molecule has 0 aliphatic rings. The van der Waals surface area contributed by atoms with E-state index in [0.29, 0.717) is 23.7 Å². The second-order valence-corrected chi connectivity index (χ2v) is 3.79. The highest BCUT2D eigenvalue weighted by Crippen LogP contribution is 2.29. The van der Waals surface area contributed by atoms with Crippen molar-refractivity contribution in [2.24, 2.45) is 5.73 Å². The van der Waals surface area contributed by atoms with Crippen molar-refractivity contribution in [2.75, 3.05) is 0 Å². The molecule has 0 fully saturated rings. The zero-order chi connectivity index (χ0) is 13.1. The summed E-state index contributed by atoms with van der Waals surface area (Å²) in [6.45, 7) is 3.58. The minimum Gasteiger partial charge on any atom is -0.504 e. The van der Waals surface area contributed by atoms with E-state index in [4.69, 9.17) is 10.3 Å². The Hall–Kier alpha value is -2.34. The summed E-state index contributed by atoms with van der Waals surface area (Å²) < 4.78 is 5.03. The number of aromatic nitrogens is 2. The number of rotatable bonds is 4. The monoisotopic (exact) mass is 247 g/mol. The van der Waals surface area contributed by atoms with Crippen molar-refractivity contribution in [1.82, 2.24) is 10.1 Å². The van der Waals surface area contributed by atoms with Gasteiger partial charge in [0.2, 0.25) is 11.7 Å². The molecule has 0 saturated heterocycles. The number of phenols is 2. The summed E-state index contributed by atoms with van der Waals surface area (Å²) in [5, 5.41) is 22.4. The molecule has 4 N–H and O–H groups in total. The Kier molecular flexibility index (Phi) is 3.29. The Labute approximate surface area is 103 Å². The zero-order valence-corrected chi connectivity index (χ0v) is 9.58. The Morgan fingerprint density at radius 1 is 1.39 bits per heavy atom. The van der Waals surface area contributed by atoms with Gasteiger partial charge in [-0.2, -0.15) is 4.98 Å². The lowest BCUT2D eigenvalue weighted by atomic mass is 10.2. The van der Waals surface area contributed by atoms with Gasteiger partial charge in [-0.3, -0.25) is 0 Å². The standard InChI is InChI=1S/C12H13N3O3/c1-2-3-8(13)12-14-11(15-18-12)7-4-5-9(16)10(17)6-7/h2,4-6,8,16-17H,1,3,13H2. The highest BCUT2D eigenvalue weighted by Gasteiger charge is 2.15. The van der Waals surface area contributed by atoms with Crippen molar-refractivity contribution < 1.29 is 14.7 Å². The predicted octanol–water partition coefficient (Wildman–Crippen LogP) is 1.72. The van der Waals surface area contributed by atoms with Crippen molar-refractivity contribution in [1.29, 1.82) is 0 Å². The van der Waals surface area contributed by atoms with Crippen LogP contribution in [0.3, 0.4) is 0 Å². The molecule has 18 heavy (non-hydrogen) atoms. The van der Waals surface area contributed by atoms with Gasteiger partial charge in [-0.1, -0.05) is 11.2 Å². The third kappa shape index (κ3) is 2.33. The van der Waals surface area contributed by atoms with Crippen LogP contribution >= 0.6 is 0 Å². The zero-order valence-electron chi connectivity index (χ0n) is 9.58. The van der Waals surface area contributed by atoms with Crippen LogP contribution < -0.4 is 5.73 Å². The number of phenolic OH excluding ortho intramolecular Hbond substituents is 2. The molecular weight excluding hydrogens is 234 g/mol. The van der Waals surface area contributed by atoms with Gasteiger partial charge in [-0.15, -0.1) is 6.58 Å². The molecule has 2 aromatic rings. The molecule has 2 rings (SSSR count). The molecule has 6 nitrogen and oxygen atoms in total. The lowest BCUT2D eigenvalue weighted by Gasteiger charge is -2.00. The van der Waals surface area contributed by atoms with Crippen LogP contribution in [0.4, 0.5) is 0 Å². The van der Waals surface area contributed by atoms with Crippen LogP contribution in [0.2, 0.25) is 0 Å². The van der Waals surface area contributed by atoms with Crippen LogP contribution in [0.15, 0.2) is 35.4 Å². The van der Waals surface area contributed by atoms with Gasteiger partial charge >= 0.3 is 0 Å². The fourth-order valence-corrected chi connectivity index (χ4v) is 1.45. The molecule has 0 spiro atoms. The van der Waals surface area contributed by atoms with Crippen LogP contribution in [0.5, 0.6) is 11.5 Å². The SMILES string of the molecule is C=CCC(N)c1nc(-c2ccc(O)c(O)c2)no1. The molecule has 0 aliphatic heterocycles. The maximum absolute atomic E-state index is 9.39. The smallest absolute Gasteiger partial charge is 0.244 e. The summed E-state index contributed by atoms with van der Waals surface area (Å²) in [6, 6.07) is 3.88. The quantitative estimate of drug-likeness (QED) is 0.561. The average molecular weight is 247 g/mol. The maximum atomic E-state index is 9.39. The number of nitrogens with zero attached hydrogens (tertiary/aromatic N) is 2. The third-order valence-corrected chi connectivity index (χ3v) is 2.41. The average Bonchev–Trinajstić information content (AvgIpc) is 2.82. The van der Waals surface area contributed by atoms with Crippen molar-refractivity contribution >= 4 is 0 Å². The van der Waals surface area contributed by atoms with Crippen molar-refractivity contribution in [3.63, 3.8) is 0 Å². The molecule has 1 heterocycles. The molecule has 0 bridgehead atoms. The first-order valence-corrected chi connectivity index (χ1v) is 5.34. The van der Waals surface area contributed by atoms with Gasteiger partial charge in [-0.25, -0.2) is 0 Å². The van der Waals surface area contributed by atoms with Gasteiger partial charge in [0.25, 0.3) is 0 Å². The van der Waals surface area contributed by atoms with Gasteiger partial charge in [0, 0.05) is 5.56 Å². The normalized spacial score (nSPS) is 12.3. The predicted molar refractivity (Wildman–Crippen MR) is 64.8 cm³/mol. The van der Waals surface area contributed by atoms with Gasteiger partial charge in [-0.05, 0) is 24.6 Å². The number of benzene rings is 1. The first-order valence-electron chi connectivity index (χ1n) is 5.34. The van der Waals surface area contributed by atoms with E-state index in [1.54, 1.807) is 12.1 Å². The Balaban J connectivity index is 2.28. The summed E-state index contributed by atoms with van der Waals surface area (Å²) in [6.07, 6.45) is 2.20. The maximum Gasteiger partial charge on any atom is 0.244 e. The highest BCUT2D eigenvalue weighted by atomic mass is 16.5. The van der Waals surface area contributed by atoms with Crippen LogP contribution in [0.1, 0.15) is 18.4 Å². The molecule has 1 atom stereocenters. The molecule has 1 aromatic carbocycles. The minimum atomic E-state index is -0.394. The van der Waals surface area contributed by atoms with E-state index in [2.05, 4.69) is 16.7 Å². The second-order valence-electron chi connectivity index (χ2n) is 3.79. The fourth-order valence-electron chi connectivity index (χ4n) is 1.45. The summed E-state index contributed by atoms with van der Waals surface area (Å²) in [7, 11) is 0. The van der Waals surface area contributed by atoms with E-state index >= 15 is 0 Å². The van der Waals surface area contributed by atoms with Crippen molar-refractivity contribution in [2.45, 2.75) is 12.5 Å². The van der Waals surface area contributed by atoms with E-state index in [1.807, 2.05) is 0 Å². The van der Waals surface area contributed by atoms with Crippen LogP contribution in [-0.4, -0.2) is 20.4 Å². The number of nitrogens with two attached hydrogens (primary N) is 1. The Morgan fingerprint density at radius 2 is 2.17 bits per heavy atom. The largest absolute Gasteiger partial charge is 0.504 e. The Morgan fingerprint density at radius 3 is 2.83 bits per heavy atom. The summed E-state index contributed by atoms with van der Waals surface area (Å²) in [5.74, 6) is 0.164. The van der Waals surface area contributed by atoms with Gasteiger partial charge in [0.1, 0.15) is 0 Å². The van der Waals surface area contributed by atoms with Crippen LogP contribution in [0.25, 0.3) is 11.4 Å². The minimum absolute atomic E-state index is 0.203. The molecule has 6 heteroatoms. The molecule has 94 valence electrons. The van der Waals surface area contributed by atoms with E-state index in [1.165, 1.54) is 12.1 Å². The van der Waals surface area contributed by atoms with Crippen LogP contribution in [-0.2, 0) is 0 Å². The summed E-state index contributed by atoms with van der Waals surface area (Å²) >= 11 is 0. The number of hydrogen-bond donors (Lipinski definition) is 3. The number of hydrogen-bond acceptors (Lipinski definition) is 6. The molecule has 1 aromatic heterocycles. The lowest BCUT2D eigenvalue weighted by Crippen LogP contribution is -2.09. The summed E-state index contributed by atoms with van der Waals surface area (Å²) in [5.41, 5.74) is 6.33. The highest BCUT2D eigenvalue weighted by molar-refractivity contribution is 5.59. The number of aromatic hydroxyl groups is 2. The first kappa shape index (κ1) is 12.1. The van der Waals surface area contributed by atoms with E-state index in [-0.39, 0.29) is 11.5 Å². The molecule has 0 amide bonds. The van der Waals surface area contributed by atoms with E-state index in [0.717, 1.165) is 0 Å². The van der Waals surface area contributed by atoms with E-state index in [9.17, 15) is 10.2 Å². The summed E-state index contributed by atoms with van der Waals surface area (Å²) in [4.78, 5) is 4.13. The van der Waals surface area contributed by atoms with Gasteiger partial charge < -0.3 is 20.5 Å². The first-order chi connectivity index (χ1) is 8.61. The second kappa shape index (κ2) is 4.89. The molecule has 0 saturated carbocycles. The fraction of sp³-hybridized carbons (Fsp3) is 0.167. The molecular formula is C12H13N3O3. The Bertz CT molecular complexity index is 565. The molecule has 0 aliphatic carbocycles. The topological polar surface area (TPSA) is 105 Å². The molecule has 0 radical (unpaired) electrons. The lowest BCUT2D eigenvalue weighted by molar-refractivity contribution is 0.356. The van der Waals surface area contributed by atoms with Gasteiger partial charge in [0.05, 0.1) is 6.04 Å². The van der Waals surface area contributed by atoms with E-state index < -0.39 is 6.04 Å². The van der Waals surface area contributed by atoms with Crippen LogP contribution in [0, 0.1) is 0 Å². The third-order valence-electron chi connectivity index (χ3n) is 2.41. The van der Waals surface area contributed by atoms with Crippen molar-refractivity contribution in [3.05, 3.63) is 36.7 Å². The van der Waals surface area contributed by atoms with Gasteiger partial charge in [0.15, 0.2) is 11.5 Å². The van der Waals surface area contributed by atoms with Crippen molar-refractivity contribution in [3.8, 4) is 22.9 Å².